The van der Waals surface area contributed by atoms with Crippen LogP contribution in [0.2, 0.25) is 0 Å². The topological polar surface area (TPSA) is 50.2 Å². The Bertz CT molecular complexity index is 394. The molecule has 0 fully saturated rings. The summed E-state index contributed by atoms with van der Waals surface area (Å²) in [4.78, 5) is 15.9. The fraction of sp³-hybridized carbons (Fsp3) is 0.667. The minimum atomic E-state index is -0.789. The van der Waals surface area contributed by atoms with E-state index in [0.717, 1.165) is 27.1 Å². The van der Waals surface area contributed by atoms with Gasteiger partial charge in [0.2, 0.25) is 0 Å². The van der Waals surface area contributed by atoms with Crippen molar-refractivity contribution in [2.75, 3.05) is 5.75 Å². The molecule has 0 aliphatic carbocycles. The smallest absolute Gasteiger partial charge is 0.308 e. The van der Waals surface area contributed by atoms with E-state index >= 15 is 0 Å². The van der Waals surface area contributed by atoms with E-state index in [1.165, 1.54) is 11.3 Å². The number of hydrogen-bond acceptors (Lipinski definition) is 4. The lowest BCUT2D eigenvalue weighted by atomic mass is 9.94. The van der Waals surface area contributed by atoms with E-state index in [1.54, 1.807) is 11.8 Å². The normalized spacial score (nSPS) is 11.8. The van der Waals surface area contributed by atoms with Crippen molar-refractivity contribution in [3.63, 3.8) is 0 Å². The molecule has 5 heteroatoms. The highest BCUT2D eigenvalue weighted by atomic mass is 32.2. The summed E-state index contributed by atoms with van der Waals surface area (Å²) in [7, 11) is 0. The molecule has 0 amide bonds. The fourth-order valence-corrected chi connectivity index (χ4v) is 3.87. The molecule has 17 heavy (non-hydrogen) atoms. The van der Waals surface area contributed by atoms with Crippen LogP contribution in [0.4, 0.5) is 0 Å². The molecule has 1 heterocycles. The van der Waals surface area contributed by atoms with Crippen molar-refractivity contribution >= 4 is 29.1 Å². The zero-order chi connectivity index (χ0) is 13.1. The van der Waals surface area contributed by atoms with Crippen molar-refractivity contribution in [1.29, 1.82) is 0 Å². The molecule has 96 valence electrons. The minimum absolute atomic E-state index is 0.0866. The van der Waals surface area contributed by atoms with Gasteiger partial charge >= 0.3 is 5.97 Å². The molecule has 1 aromatic rings. The van der Waals surface area contributed by atoms with Gasteiger partial charge in [0.25, 0.3) is 0 Å². The van der Waals surface area contributed by atoms with Gasteiger partial charge in [0.15, 0.2) is 0 Å². The van der Waals surface area contributed by atoms with E-state index in [-0.39, 0.29) is 6.42 Å². The molecule has 1 rings (SSSR count). The number of thiazole rings is 1. The maximum Gasteiger partial charge on any atom is 0.308 e. The number of aryl methyl sites for hydroxylation is 1. The second-order valence-corrected chi connectivity index (χ2v) is 7.64. The van der Waals surface area contributed by atoms with Crippen LogP contribution in [0, 0.1) is 12.3 Å². The van der Waals surface area contributed by atoms with Crippen LogP contribution in [0.5, 0.6) is 0 Å². The molecule has 0 aromatic carbocycles. The van der Waals surface area contributed by atoms with Gasteiger partial charge < -0.3 is 5.11 Å². The second kappa shape index (κ2) is 5.87. The highest BCUT2D eigenvalue weighted by Crippen LogP contribution is 2.30. The quantitative estimate of drug-likeness (QED) is 0.833. The third-order valence-corrected chi connectivity index (χ3v) is 4.56. The Kier molecular flexibility index (Phi) is 5.01. The fourth-order valence-electron chi connectivity index (χ4n) is 1.21. The molecule has 0 saturated heterocycles. The summed E-state index contributed by atoms with van der Waals surface area (Å²) in [6.45, 7) is 8.53. The average Bonchev–Trinajstić information content (AvgIpc) is 2.43. The SMILES string of the molecule is Cc1nc(SCCC(C)(C)C)sc1CC(=O)O. The molecular weight excluding hydrogens is 254 g/mol. The number of hydrogen-bond donors (Lipinski definition) is 1. The van der Waals surface area contributed by atoms with E-state index in [2.05, 4.69) is 25.8 Å². The van der Waals surface area contributed by atoms with Crippen molar-refractivity contribution in [3.05, 3.63) is 10.6 Å². The van der Waals surface area contributed by atoms with Crippen molar-refractivity contribution in [1.82, 2.24) is 4.98 Å². The van der Waals surface area contributed by atoms with Gasteiger partial charge in [0.1, 0.15) is 4.34 Å². The Morgan fingerprint density at radius 3 is 2.65 bits per heavy atom. The first kappa shape index (κ1) is 14.5. The third kappa shape index (κ3) is 5.55. The number of carboxylic acids is 1. The highest BCUT2D eigenvalue weighted by Gasteiger charge is 2.13. The lowest BCUT2D eigenvalue weighted by Crippen LogP contribution is -2.05. The summed E-state index contributed by atoms with van der Waals surface area (Å²) < 4.78 is 0.989. The van der Waals surface area contributed by atoms with Crippen molar-refractivity contribution in [2.24, 2.45) is 5.41 Å². The van der Waals surface area contributed by atoms with E-state index in [1.807, 2.05) is 6.92 Å². The predicted octanol–water partition coefficient (Wildman–Crippen LogP) is 3.61. The molecule has 0 spiro atoms. The van der Waals surface area contributed by atoms with Gasteiger partial charge in [-0.05, 0) is 18.8 Å². The Morgan fingerprint density at radius 2 is 2.12 bits per heavy atom. The molecule has 0 atom stereocenters. The first-order chi connectivity index (χ1) is 7.78. The van der Waals surface area contributed by atoms with Crippen LogP contribution < -0.4 is 0 Å². The molecule has 0 radical (unpaired) electrons. The zero-order valence-corrected chi connectivity index (χ0v) is 12.4. The molecule has 0 aliphatic rings. The van der Waals surface area contributed by atoms with E-state index in [0.29, 0.717) is 5.41 Å². The van der Waals surface area contributed by atoms with E-state index < -0.39 is 5.97 Å². The number of aromatic nitrogens is 1. The number of aliphatic carboxylic acids is 1. The zero-order valence-electron chi connectivity index (χ0n) is 10.7. The summed E-state index contributed by atoms with van der Waals surface area (Å²) in [5.41, 5.74) is 1.19. The van der Waals surface area contributed by atoms with Crippen molar-refractivity contribution in [3.8, 4) is 0 Å². The summed E-state index contributed by atoms with van der Waals surface area (Å²) in [6, 6.07) is 0. The number of nitrogens with zero attached hydrogens (tertiary/aromatic N) is 1. The minimum Gasteiger partial charge on any atom is -0.481 e. The number of thioether (sulfide) groups is 1. The van der Waals surface area contributed by atoms with Gasteiger partial charge in [-0.2, -0.15) is 0 Å². The van der Waals surface area contributed by atoms with E-state index in [4.69, 9.17) is 5.11 Å². The van der Waals surface area contributed by atoms with Gasteiger partial charge in [-0.1, -0.05) is 32.5 Å². The molecular formula is C12H19NO2S2. The van der Waals surface area contributed by atoms with Crippen molar-refractivity contribution in [2.45, 2.75) is 44.9 Å². The van der Waals surface area contributed by atoms with Crippen LogP contribution in [0.15, 0.2) is 4.34 Å². The molecule has 0 bridgehead atoms. The predicted molar refractivity (Wildman–Crippen MR) is 73.0 cm³/mol. The lowest BCUT2D eigenvalue weighted by Gasteiger charge is -2.16. The molecule has 0 saturated carbocycles. The maximum absolute atomic E-state index is 10.6. The van der Waals surface area contributed by atoms with Crippen LogP contribution in [0.3, 0.4) is 0 Å². The Hall–Kier alpha value is -0.550. The van der Waals surface area contributed by atoms with Gasteiger partial charge in [0, 0.05) is 10.6 Å². The van der Waals surface area contributed by atoms with Crippen LogP contribution >= 0.6 is 23.1 Å². The average molecular weight is 273 g/mol. The summed E-state index contributed by atoms with van der Waals surface area (Å²) in [5.74, 6) is 0.242. The molecule has 1 N–H and O–H groups in total. The Morgan fingerprint density at radius 1 is 1.47 bits per heavy atom. The number of carboxylic acid groups (broad SMARTS) is 1. The largest absolute Gasteiger partial charge is 0.481 e. The van der Waals surface area contributed by atoms with E-state index in [9.17, 15) is 4.79 Å². The molecule has 0 aliphatic heterocycles. The summed E-state index contributed by atoms with van der Waals surface area (Å²) in [6.07, 6.45) is 1.22. The molecule has 1 aromatic heterocycles. The summed E-state index contributed by atoms with van der Waals surface area (Å²) in [5, 5.41) is 8.76. The lowest BCUT2D eigenvalue weighted by molar-refractivity contribution is -0.136. The van der Waals surface area contributed by atoms with Gasteiger partial charge in [-0.3, -0.25) is 4.79 Å². The van der Waals surface area contributed by atoms with Crippen LogP contribution in [-0.2, 0) is 11.2 Å². The molecule has 0 unspecified atom stereocenters. The Balaban J connectivity index is 2.53. The van der Waals surface area contributed by atoms with Gasteiger partial charge in [0.05, 0.1) is 12.1 Å². The summed E-state index contributed by atoms with van der Waals surface area (Å²) >= 11 is 3.23. The Labute approximate surface area is 111 Å². The van der Waals surface area contributed by atoms with Crippen LogP contribution in [0.1, 0.15) is 37.8 Å². The standard InChI is InChI=1S/C12H19NO2S2/c1-8-9(7-10(14)15)17-11(13-8)16-6-5-12(2,3)4/h5-7H2,1-4H3,(H,14,15). The van der Waals surface area contributed by atoms with Crippen LogP contribution in [0.25, 0.3) is 0 Å². The van der Waals surface area contributed by atoms with Gasteiger partial charge in [-0.15, -0.1) is 11.3 Å². The monoisotopic (exact) mass is 273 g/mol. The first-order valence-electron chi connectivity index (χ1n) is 5.59. The van der Waals surface area contributed by atoms with Crippen LogP contribution in [-0.4, -0.2) is 21.8 Å². The second-order valence-electron chi connectivity index (χ2n) is 5.22. The van der Waals surface area contributed by atoms with Gasteiger partial charge in [-0.25, -0.2) is 4.98 Å². The maximum atomic E-state index is 10.6. The first-order valence-corrected chi connectivity index (χ1v) is 7.39. The van der Waals surface area contributed by atoms with Crippen molar-refractivity contribution < 1.29 is 9.90 Å². The number of carbonyl (C=O) groups is 1. The highest BCUT2D eigenvalue weighted by molar-refractivity contribution is 8.01. The number of rotatable bonds is 5. The molecule has 3 nitrogen and oxygen atoms in total. The third-order valence-electron chi connectivity index (χ3n) is 2.26.